The number of rotatable bonds is 2. The van der Waals surface area contributed by atoms with Crippen molar-refractivity contribution in [2.45, 2.75) is 69.7 Å². The van der Waals surface area contributed by atoms with Gasteiger partial charge in [-0.2, -0.15) is 0 Å². The lowest BCUT2D eigenvalue weighted by atomic mass is 9.73. The predicted octanol–water partition coefficient (Wildman–Crippen LogP) is 2.17. The Labute approximate surface area is 109 Å². The molecule has 2 N–H and O–H groups in total. The van der Waals surface area contributed by atoms with Crippen LogP contribution in [0, 0.1) is 5.92 Å². The van der Waals surface area contributed by atoms with Crippen molar-refractivity contribution in [3.05, 3.63) is 11.1 Å². The fourth-order valence-corrected chi connectivity index (χ4v) is 4.01. The molecule has 3 heteroatoms. The van der Waals surface area contributed by atoms with Crippen molar-refractivity contribution in [1.29, 1.82) is 0 Å². The van der Waals surface area contributed by atoms with Crippen molar-refractivity contribution in [2.24, 2.45) is 5.92 Å². The lowest BCUT2D eigenvalue weighted by Crippen LogP contribution is -2.25. The molecule has 3 nitrogen and oxygen atoms in total. The van der Waals surface area contributed by atoms with Crippen molar-refractivity contribution < 1.29 is 14.9 Å². The number of hydrogen-bond acceptors (Lipinski definition) is 3. The van der Waals surface area contributed by atoms with Gasteiger partial charge < -0.3 is 14.9 Å². The first kappa shape index (κ1) is 12.6. The molecule has 1 aliphatic heterocycles. The summed E-state index contributed by atoms with van der Waals surface area (Å²) in [6.45, 7) is -0.0658. The summed E-state index contributed by atoms with van der Waals surface area (Å²) < 4.78 is 5.85. The first-order valence-electron chi connectivity index (χ1n) is 7.45. The molecule has 2 fully saturated rings. The van der Waals surface area contributed by atoms with Crippen LogP contribution in [-0.2, 0) is 4.74 Å². The third-order valence-electron chi connectivity index (χ3n) is 4.95. The van der Waals surface area contributed by atoms with Crippen molar-refractivity contribution in [1.82, 2.24) is 0 Å². The highest BCUT2D eigenvalue weighted by atomic mass is 16.5. The van der Waals surface area contributed by atoms with Crippen LogP contribution >= 0.6 is 0 Å². The van der Waals surface area contributed by atoms with Crippen molar-refractivity contribution in [2.75, 3.05) is 6.61 Å². The molecule has 102 valence electrons. The van der Waals surface area contributed by atoms with E-state index < -0.39 is 6.10 Å². The van der Waals surface area contributed by atoms with Gasteiger partial charge in [0.15, 0.2) is 0 Å². The maximum absolute atomic E-state index is 9.88. The second-order valence-corrected chi connectivity index (χ2v) is 6.03. The zero-order valence-corrected chi connectivity index (χ0v) is 11.0. The average Bonchev–Trinajstić information content (AvgIpc) is 2.79. The maximum atomic E-state index is 9.88. The number of ether oxygens (including phenoxy) is 1. The molecule has 0 amide bonds. The van der Waals surface area contributed by atoms with Crippen LogP contribution in [-0.4, -0.2) is 35.1 Å². The van der Waals surface area contributed by atoms with Gasteiger partial charge in [-0.15, -0.1) is 0 Å². The van der Waals surface area contributed by atoms with Crippen LogP contribution < -0.4 is 0 Å². The summed E-state index contributed by atoms with van der Waals surface area (Å²) in [5.41, 5.74) is 3.12. The molecule has 3 aliphatic rings. The summed E-state index contributed by atoms with van der Waals surface area (Å²) in [6.07, 6.45) is 8.91. The highest BCUT2D eigenvalue weighted by Crippen LogP contribution is 2.43. The SMILES string of the molecule is OC[C@H]1O[C@@H](C2=C3CCCCC3CCC2)CC1O. The van der Waals surface area contributed by atoms with Gasteiger partial charge in [0.1, 0.15) is 6.10 Å². The van der Waals surface area contributed by atoms with Crippen LogP contribution in [0.5, 0.6) is 0 Å². The van der Waals surface area contributed by atoms with E-state index in [0.29, 0.717) is 6.42 Å². The smallest absolute Gasteiger partial charge is 0.107 e. The van der Waals surface area contributed by atoms with E-state index in [1.165, 1.54) is 44.1 Å². The third kappa shape index (κ3) is 2.24. The second-order valence-electron chi connectivity index (χ2n) is 6.03. The molecular weight excluding hydrogens is 228 g/mol. The van der Waals surface area contributed by atoms with Crippen molar-refractivity contribution >= 4 is 0 Å². The summed E-state index contributed by atoms with van der Waals surface area (Å²) in [4.78, 5) is 0. The van der Waals surface area contributed by atoms with E-state index >= 15 is 0 Å². The molecule has 2 unspecified atom stereocenters. The number of aliphatic hydroxyl groups excluding tert-OH is 2. The van der Waals surface area contributed by atoms with Gasteiger partial charge in [0.05, 0.1) is 18.8 Å². The van der Waals surface area contributed by atoms with Crippen LogP contribution in [0.1, 0.15) is 51.4 Å². The van der Waals surface area contributed by atoms with Gasteiger partial charge in [0.25, 0.3) is 0 Å². The highest BCUT2D eigenvalue weighted by Gasteiger charge is 2.38. The Hall–Kier alpha value is -0.380. The molecule has 4 atom stereocenters. The molecule has 0 aromatic heterocycles. The number of fused-ring (bicyclic) bond motifs is 1. The summed E-state index contributed by atoms with van der Waals surface area (Å²) >= 11 is 0. The van der Waals surface area contributed by atoms with Crippen LogP contribution in [0.25, 0.3) is 0 Å². The monoisotopic (exact) mass is 252 g/mol. The molecule has 0 aromatic rings. The molecular formula is C15H24O3. The third-order valence-corrected chi connectivity index (χ3v) is 4.95. The molecule has 0 spiro atoms. The molecule has 0 bridgehead atoms. The minimum Gasteiger partial charge on any atom is -0.394 e. The molecule has 2 aliphatic carbocycles. The van der Waals surface area contributed by atoms with E-state index in [9.17, 15) is 10.2 Å². The summed E-state index contributed by atoms with van der Waals surface area (Å²) in [6, 6.07) is 0. The largest absolute Gasteiger partial charge is 0.394 e. The Balaban J connectivity index is 1.80. The second kappa shape index (κ2) is 5.32. The zero-order chi connectivity index (χ0) is 12.5. The fraction of sp³-hybridized carbons (Fsp3) is 0.867. The van der Waals surface area contributed by atoms with E-state index in [0.717, 1.165) is 12.3 Å². The van der Waals surface area contributed by atoms with Crippen LogP contribution in [0.3, 0.4) is 0 Å². The molecule has 0 aromatic carbocycles. The lowest BCUT2D eigenvalue weighted by molar-refractivity contribution is -0.0146. The quantitative estimate of drug-likeness (QED) is 0.741. The Morgan fingerprint density at radius 3 is 2.61 bits per heavy atom. The maximum Gasteiger partial charge on any atom is 0.107 e. The summed E-state index contributed by atoms with van der Waals surface area (Å²) in [7, 11) is 0. The number of hydrogen-bond donors (Lipinski definition) is 2. The van der Waals surface area contributed by atoms with E-state index in [2.05, 4.69) is 0 Å². The predicted molar refractivity (Wildman–Crippen MR) is 69.2 cm³/mol. The first-order chi connectivity index (χ1) is 8.79. The van der Waals surface area contributed by atoms with Crippen LogP contribution in [0.15, 0.2) is 11.1 Å². The fourth-order valence-electron chi connectivity index (χ4n) is 4.01. The van der Waals surface area contributed by atoms with E-state index in [4.69, 9.17) is 4.74 Å². The van der Waals surface area contributed by atoms with Crippen molar-refractivity contribution in [3.63, 3.8) is 0 Å². The standard InChI is InChI=1S/C15H24O3/c16-9-15-13(17)8-14(18-15)12-7-3-5-10-4-1-2-6-11(10)12/h10,13-17H,1-9H2/t10?,13?,14-,15-/m1/s1. The average molecular weight is 252 g/mol. The Kier molecular flexibility index (Phi) is 3.73. The number of aliphatic hydroxyl groups is 2. The van der Waals surface area contributed by atoms with Gasteiger partial charge >= 0.3 is 0 Å². The van der Waals surface area contributed by atoms with Gasteiger partial charge in [-0.05, 0) is 50.0 Å². The minimum atomic E-state index is -0.489. The number of allylic oxidation sites excluding steroid dienone is 1. The lowest BCUT2D eigenvalue weighted by Gasteiger charge is -2.34. The Morgan fingerprint density at radius 1 is 1.06 bits per heavy atom. The Bertz CT molecular complexity index is 337. The van der Waals surface area contributed by atoms with E-state index in [1.807, 2.05) is 0 Å². The van der Waals surface area contributed by atoms with Gasteiger partial charge in [0.2, 0.25) is 0 Å². The Morgan fingerprint density at radius 2 is 1.83 bits per heavy atom. The summed E-state index contributed by atoms with van der Waals surface area (Å²) in [5.74, 6) is 0.788. The van der Waals surface area contributed by atoms with Gasteiger partial charge in [-0.1, -0.05) is 12.0 Å². The summed E-state index contributed by atoms with van der Waals surface area (Å²) in [5, 5.41) is 19.1. The van der Waals surface area contributed by atoms with Crippen LogP contribution in [0.2, 0.25) is 0 Å². The van der Waals surface area contributed by atoms with E-state index in [-0.39, 0.29) is 18.8 Å². The van der Waals surface area contributed by atoms with Crippen molar-refractivity contribution in [3.8, 4) is 0 Å². The molecule has 0 radical (unpaired) electrons. The molecule has 3 rings (SSSR count). The highest BCUT2D eigenvalue weighted by molar-refractivity contribution is 5.26. The molecule has 18 heavy (non-hydrogen) atoms. The topological polar surface area (TPSA) is 49.7 Å². The van der Waals surface area contributed by atoms with E-state index in [1.54, 1.807) is 5.57 Å². The molecule has 1 saturated heterocycles. The first-order valence-corrected chi connectivity index (χ1v) is 7.45. The zero-order valence-electron chi connectivity index (χ0n) is 11.0. The van der Waals surface area contributed by atoms with Gasteiger partial charge in [-0.25, -0.2) is 0 Å². The molecule has 1 saturated carbocycles. The minimum absolute atomic E-state index is 0.0658. The van der Waals surface area contributed by atoms with Crippen LogP contribution in [0.4, 0.5) is 0 Å². The van der Waals surface area contributed by atoms with Gasteiger partial charge in [-0.3, -0.25) is 0 Å². The normalized spacial score (nSPS) is 41.0. The molecule has 1 heterocycles. The van der Waals surface area contributed by atoms with Gasteiger partial charge in [0, 0.05) is 6.42 Å².